The molecule has 1 N–H and O–H groups in total. The smallest absolute Gasteiger partial charge is 0.142 e. The third kappa shape index (κ3) is 7.36. The van der Waals surface area contributed by atoms with Crippen LogP contribution in [0.3, 0.4) is 0 Å². The second-order valence-corrected chi connectivity index (χ2v) is 6.57. The molecule has 2 aromatic carbocycles. The van der Waals surface area contributed by atoms with Crippen molar-refractivity contribution in [3.05, 3.63) is 54.1 Å². The first-order chi connectivity index (χ1) is 12.7. The van der Waals surface area contributed by atoms with Gasteiger partial charge >= 0.3 is 0 Å². The van der Waals surface area contributed by atoms with Gasteiger partial charge in [-0.3, -0.25) is 0 Å². The van der Waals surface area contributed by atoms with Crippen molar-refractivity contribution in [1.29, 1.82) is 0 Å². The highest BCUT2D eigenvalue weighted by molar-refractivity contribution is 5.56. The van der Waals surface area contributed by atoms with E-state index in [1.165, 1.54) is 5.56 Å². The van der Waals surface area contributed by atoms with E-state index in [1.807, 2.05) is 43.3 Å². The van der Waals surface area contributed by atoms with Crippen LogP contribution in [0.5, 0.6) is 11.5 Å². The monoisotopic (exact) mass is 357 g/mol. The Balaban J connectivity index is 1.82. The summed E-state index contributed by atoms with van der Waals surface area (Å²) in [5, 5.41) is 3.44. The van der Waals surface area contributed by atoms with Crippen LogP contribution in [0.25, 0.3) is 0 Å². The molecule has 0 saturated carbocycles. The average Bonchev–Trinajstić information content (AvgIpc) is 2.65. The normalized spacial score (nSPS) is 10.8. The largest absolute Gasteiger partial charge is 0.494 e. The zero-order valence-corrected chi connectivity index (χ0v) is 16.2. The van der Waals surface area contributed by atoms with Gasteiger partial charge in [-0.05, 0) is 49.1 Å². The molecule has 26 heavy (non-hydrogen) atoms. The lowest BCUT2D eigenvalue weighted by molar-refractivity contribution is 0.110. The molecular weight excluding hydrogens is 326 g/mol. The zero-order valence-electron chi connectivity index (χ0n) is 16.2. The number of para-hydroxylation sites is 2. The molecule has 0 heterocycles. The van der Waals surface area contributed by atoms with Gasteiger partial charge in [0.15, 0.2) is 0 Å². The van der Waals surface area contributed by atoms with Crippen molar-refractivity contribution in [2.45, 2.75) is 33.7 Å². The van der Waals surface area contributed by atoms with Gasteiger partial charge in [0.25, 0.3) is 0 Å². The molecule has 0 radical (unpaired) electrons. The lowest BCUT2D eigenvalue weighted by Gasteiger charge is -2.14. The van der Waals surface area contributed by atoms with Crippen LogP contribution in [0.1, 0.15) is 32.8 Å². The summed E-state index contributed by atoms with van der Waals surface area (Å²) in [4.78, 5) is 0. The topological polar surface area (TPSA) is 39.7 Å². The number of hydrogen-bond donors (Lipinski definition) is 1. The van der Waals surface area contributed by atoms with Crippen molar-refractivity contribution in [1.82, 2.24) is 0 Å². The van der Waals surface area contributed by atoms with Gasteiger partial charge in [-0.25, -0.2) is 0 Å². The average molecular weight is 357 g/mol. The van der Waals surface area contributed by atoms with Crippen LogP contribution < -0.4 is 14.8 Å². The van der Waals surface area contributed by atoms with Gasteiger partial charge < -0.3 is 19.5 Å². The number of rotatable bonds is 12. The molecule has 0 unspecified atom stereocenters. The summed E-state index contributed by atoms with van der Waals surface area (Å²) in [7, 11) is 0. The molecule has 0 aliphatic carbocycles. The Bertz CT molecular complexity index is 626. The van der Waals surface area contributed by atoms with E-state index in [0.717, 1.165) is 36.8 Å². The lowest BCUT2D eigenvalue weighted by atomic mass is 10.1. The van der Waals surface area contributed by atoms with Gasteiger partial charge in [-0.1, -0.05) is 38.1 Å². The van der Waals surface area contributed by atoms with Gasteiger partial charge in [0.1, 0.15) is 18.1 Å². The Labute approximate surface area is 157 Å². The van der Waals surface area contributed by atoms with Gasteiger partial charge in [0, 0.05) is 13.2 Å². The van der Waals surface area contributed by atoms with Crippen LogP contribution in [0.2, 0.25) is 0 Å². The highest BCUT2D eigenvalue weighted by Crippen LogP contribution is 2.24. The summed E-state index contributed by atoms with van der Waals surface area (Å²) >= 11 is 0. The predicted molar refractivity (Wildman–Crippen MR) is 107 cm³/mol. The number of nitrogens with one attached hydrogen (secondary N) is 1. The SMILES string of the molecule is CCOCCOc1ccccc1NCc1ccc(OCCC(C)C)cc1. The molecule has 0 atom stereocenters. The van der Waals surface area contributed by atoms with Crippen LogP contribution in [0, 0.1) is 5.92 Å². The van der Waals surface area contributed by atoms with E-state index in [4.69, 9.17) is 14.2 Å². The molecule has 0 amide bonds. The predicted octanol–water partition coefficient (Wildman–Crippen LogP) is 5.14. The fraction of sp³-hybridized carbons (Fsp3) is 0.455. The summed E-state index contributed by atoms with van der Waals surface area (Å²) < 4.78 is 16.9. The minimum Gasteiger partial charge on any atom is -0.494 e. The molecule has 0 spiro atoms. The van der Waals surface area contributed by atoms with Crippen LogP contribution >= 0.6 is 0 Å². The third-order valence-corrected chi connectivity index (χ3v) is 3.95. The van der Waals surface area contributed by atoms with Crippen molar-refractivity contribution in [3.8, 4) is 11.5 Å². The summed E-state index contributed by atoms with van der Waals surface area (Å²) in [5.41, 5.74) is 2.19. The van der Waals surface area contributed by atoms with E-state index in [2.05, 4.69) is 31.3 Å². The number of anilines is 1. The van der Waals surface area contributed by atoms with E-state index >= 15 is 0 Å². The first-order valence-electron chi connectivity index (χ1n) is 9.44. The highest BCUT2D eigenvalue weighted by atomic mass is 16.5. The minimum atomic E-state index is 0.551. The van der Waals surface area contributed by atoms with Crippen LogP contribution in [-0.2, 0) is 11.3 Å². The third-order valence-electron chi connectivity index (χ3n) is 3.95. The molecule has 2 rings (SSSR count). The van der Waals surface area contributed by atoms with Crippen molar-refractivity contribution >= 4 is 5.69 Å². The summed E-state index contributed by atoms with van der Waals surface area (Å²) in [6, 6.07) is 16.2. The number of ether oxygens (including phenoxy) is 3. The van der Waals surface area contributed by atoms with Crippen LogP contribution in [-0.4, -0.2) is 26.4 Å². The zero-order chi connectivity index (χ0) is 18.6. The molecule has 142 valence electrons. The van der Waals surface area contributed by atoms with Crippen molar-refractivity contribution < 1.29 is 14.2 Å². The maximum Gasteiger partial charge on any atom is 0.142 e. The summed E-state index contributed by atoms with van der Waals surface area (Å²) in [6.45, 7) is 9.75. The fourth-order valence-corrected chi connectivity index (χ4v) is 2.41. The molecular formula is C22H31NO3. The molecule has 0 bridgehead atoms. The Morgan fingerprint density at radius 2 is 1.65 bits per heavy atom. The first-order valence-corrected chi connectivity index (χ1v) is 9.44. The Hall–Kier alpha value is -2.20. The Morgan fingerprint density at radius 3 is 2.38 bits per heavy atom. The first kappa shape index (κ1) is 20.1. The molecule has 4 nitrogen and oxygen atoms in total. The van der Waals surface area contributed by atoms with Gasteiger partial charge in [0.2, 0.25) is 0 Å². The second kappa shape index (κ2) is 11.4. The molecule has 0 saturated heterocycles. The van der Waals surface area contributed by atoms with Crippen molar-refractivity contribution in [2.75, 3.05) is 31.7 Å². The van der Waals surface area contributed by atoms with Gasteiger partial charge in [-0.2, -0.15) is 0 Å². The van der Waals surface area contributed by atoms with Gasteiger partial charge in [-0.15, -0.1) is 0 Å². The molecule has 4 heteroatoms. The standard InChI is InChI=1S/C22H31NO3/c1-4-24-15-16-26-22-8-6-5-7-21(22)23-17-19-9-11-20(12-10-19)25-14-13-18(2)3/h5-12,18,23H,4,13-17H2,1-3H3. The lowest BCUT2D eigenvalue weighted by Crippen LogP contribution is -2.08. The van der Waals surface area contributed by atoms with Crippen molar-refractivity contribution in [2.24, 2.45) is 5.92 Å². The van der Waals surface area contributed by atoms with E-state index in [1.54, 1.807) is 0 Å². The second-order valence-electron chi connectivity index (χ2n) is 6.57. The fourth-order valence-electron chi connectivity index (χ4n) is 2.41. The highest BCUT2D eigenvalue weighted by Gasteiger charge is 2.03. The maximum atomic E-state index is 5.80. The van der Waals surface area contributed by atoms with Crippen LogP contribution in [0.15, 0.2) is 48.5 Å². The van der Waals surface area contributed by atoms with E-state index in [9.17, 15) is 0 Å². The molecule has 0 fully saturated rings. The maximum absolute atomic E-state index is 5.80. The number of hydrogen-bond acceptors (Lipinski definition) is 4. The van der Waals surface area contributed by atoms with E-state index in [0.29, 0.717) is 25.7 Å². The van der Waals surface area contributed by atoms with Gasteiger partial charge in [0.05, 0.1) is 18.9 Å². The molecule has 2 aromatic rings. The minimum absolute atomic E-state index is 0.551. The molecule has 0 aromatic heterocycles. The summed E-state index contributed by atoms with van der Waals surface area (Å²) in [5.74, 6) is 2.43. The molecule has 0 aliphatic heterocycles. The van der Waals surface area contributed by atoms with Crippen molar-refractivity contribution in [3.63, 3.8) is 0 Å². The summed E-state index contributed by atoms with van der Waals surface area (Å²) in [6.07, 6.45) is 1.07. The van der Waals surface area contributed by atoms with E-state index in [-0.39, 0.29) is 0 Å². The molecule has 0 aliphatic rings. The Kier molecular flexibility index (Phi) is 8.84. The Morgan fingerprint density at radius 1 is 0.885 bits per heavy atom. The van der Waals surface area contributed by atoms with Crippen LogP contribution in [0.4, 0.5) is 5.69 Å². The number of benzene rings is 2. The quantitative estimate of drug-likeness (QED) is 0.534. The van der Waals surface area contributed by atoms with E-state index < -0.39 is 0 Å².